The number of likely N-dealkylation sites (N-methyl/N-ethyl adjacent to an activating group) is 1. The summed E-state index contributed by atoms with van der Waals surface area (Å²) < 4.78 is 19.8. The van der Waals surface area contributed by atoms with Crippen LogP contribution < -0.4 is 15.9 Å². The van der Waals surface area contributed by atoms with Gasteiger partial charge in [-0.25, -0.2) is 4.39 Å². The van der Waals surface area contributed by atoms with Gasteiger partial charge in [-0.2, -0.15) is 4.98 Å². The highest BCUT2D eigenvalue weighted by molar-refractivity contribution is 6.44. The van der Waals surface area contributed by atoms with Gasteiger partial charge in [0.2, 0.25) is 5.88 Å². The fraction of sp³-hybridized carbons (Fsp3) is 0.360. The number of ketones is 1. The van der Waals surface area contributed by atoms with E-state index < -0.39 is 11.7 Å². The van der Waals surface area contributed by atoms with Crippen molar-refractivity contribution in [2.24, 2.45) is 0 Å². The van der Waals surface area contributed by atoms with Crippen LogP contribution in [0.2, 0.25) is 0 Å². The van der Waals surface area contributed by atoms with E-state index in [9.17, 15) is 18.8 Å². The molecule has 3 heterocycles. The Kier molecular flexibility index (Phi) is 6.93. The number of carbonyl (C=O) groups is 3. The molecule has 11 heteroatoms. The van der Waals surface area contributed by atoms with Crippen LogP contribution in [0.4, 0.5) is 4.39 Å². The monoisotopic (exact) mass is 496 g/mol. The molecule has 3 aromatic rings. The van der Waals surface area contributed by atoms with E-state index in [0.717, 1.165) is 10.2 Å². The zero-order chi connectivity index (χ0) is 26.1. The van der Waals surface area contributed by atoms with Crippen LogP contribution in [0.1, 0.15) is 40.1 Å². The number of rotatable bonds is 6. The lowest BCUT2D eigenvalue weighted by Gasteiger charge is -2.44. The lowest BCUT2D eigenvalue weighted by Crippen LogP contribution is -2.57. The predicted octanol–water partition coefficient (Wildman–Crippen LogP) is 1.56. The van der Waals surface area contributed by atoms with E-state index in [4.69, 9.17) is 10.6 Å². The van der Waals surface area contributed by atoms with E-state index in [-0.39, 0.29) is 51.8 Å². The topological polar surface area (TPSA) is 123 Å². The van der Waals surface area contributed by atoms with E-state index in [1.165, 1.54) is 38.6 Å². The average molecular weight is 497 g/mol. The second kappa shape index (κ2) is 9.94. The molecule has 1 aliphatic heterocycles. The maximum Gasteiger partial charge on any atom is 0.292 e. The molecular weight excluding hydrogens is 467 g/mol. The lowest BCUT2D eigenvalue weighted by atomic mass is 10.0. The maximum absolute atomic E-state index is 13.7. The van der Waals surface area contributed by atoms with Crippen LogP contribution in [0.15, 0.2) is 36.5 Å². The number of piperazine rings is 1. The molecule has 36 heavy (non-hydrogen) atoms. The van der Waals surface area contributed by atoms with Gasteiger partial charge in [0.05, 0.1) is 12.7 Å². The minimum Gasteiger partial charge on any atom is -0.480 e. The summed E-state index contributed by atoms with van der Waals surface area (Å²) >= 11 is 0. The summed E-state index contributed by atoms with van der Waals surface area (Å²) in [5.41, 5.74) is 1.42. The van der Waals surface area contributed by atoms with Crippen molar-refractivity contribution in [2.75, 3.05) is 33.1 Å². The van der Waals surface area contributed by atoms with Crippen LogP contribution in [-0.4, -0.2) is 76.4 Å². The first kappa shape index (κ1) is 25.1. The Hall–Kier alpha value is -3.99. The summed E-state index contributed by atoms with van der Waals surface area (Å²) in [5.74, 6) is 3.88. The van der Waals surface area contributed by atoms with Gasteiger partial charge in [0.15, 0.2) is 5.65 Å². The molecule has 0 unspecified atom stereocenters. The fourth-order valence-electron chi connectivity index (χ4n) is 4.56. The zero-order valence-electron chi connectivity index (χ0n) is 20.6. The summed E-state index contributed by atoms with van der Waals surface area (Å²) in [7, 11) is 2.76. The molecule has 0 radical (unpaired) electrons. The third kappa shape index (κ3) is 4.61. The normalized spacial score (nSPS) is 18.3. The largest absolute Gasteiger partial charge is 0.480 e. The van der Waals surface area contributed by atoms with Crippen molar-refractivity contribution in [3.8, 4) is 5.88 Å². The van der Waals surface area contributed by atoms with Crippen LogP contribution in [0.3, 0.4) is 0 Å². The van der Waals surface area contributed by atoms with Crippen molar-refractivity contribution in [1.82, 2.24) is 24.8 Å². The number of ether oxygens (including phenoxy) is 1. The van der Waals surface area contributed by atoms with Gasteiger partial charge in [-0.1, -0.05) is 12.1 Å². The Morgan fingerprint density at radius 1 is 1.14 bits per heavy atom. The molecule has 1 saturated heterocycles. The summed E-state index contributed by atoms with van der Waals surface area (Å²) in [6.07, 6.45) is 1.31. The first-order valence-corrected chi connectivity index (χ1v) is 11.6. The van der Waals surface area contributed by atoms with Crippen LogP contribution in [-0.2, 0) is 11.3 Å². The number of pyridine rings is 1. The SMILES string of the molecule is CNC(=O)C(=O)c1cn(N)c2nc(OC)c(C(=O)N3C[C@H](C)N(Cc4ccc(F)cc4)C[C@H]3C)cc12. The lowest BCUT2D eigenvalue weighted by molar-refractivity contribution is -0.116. The number of methoxy groups -OCH3 is 1. The Bertz CT molecular complexity index is 1320. The van der Waals surface area contributed by atoms with Gasteiger partial charge >= 0.3 is 0 Å². The Morgan fingerprint density at radius 2 is 1.83 bits per heavy atom. The van der Waals surface area contributed by atoms with Gasteiger partial charge in [-0.05, 0) is 37.6 Å². The van der Waals surface area contributed by atoms with Crippen molar-refractivity contribution in [3.63, 3.8) is 0 Å². The van der Waals surface area contributed by atoms with E-state index in [1.54, 1.807) is 17.0 Å². The molecule has 0 bridgehead atoms. The van der Waals surface area contributed by atoms with Crippen molar-refractivity contribution in [3.05, 3.63) is 59.0 Å². The second-order valence-corrected chi connectivity index (χ2v) is 8.99. The van der Waals surface area contributed by atoms with Gasteiger partial charge in [-0.3, -0.25) is 24.0 Å². The van der Waals surface area contributed by atoms with E-state index in [2.05, 4.69) is 15.2 Å². The van der Waals surface area contributed by atoms with Crippen LogP contribution in [0.5, 0.6) is 5.88 Å². The van der Waals surface area contributed by atoms with Gasteiger partial charge in [0.1, 0.15) is 11.4 Å². The fourth-order valence-corrected chi connectivity index (χ4v) is 4.56. The number of nitrogen functional groups attached to an aromatic ring is 1. The molecule has 0 aliphatic carbocycles. The van der Waals surface area contributed by atoms with Crippen molar-refractivity contribution < 1.29 is 23.5 Å². The molecule has 1 fully saturated rings. The Morgan fingerprint density at radius 3 is 2.47 bits per heavy atom. The van der Waals surface area contributed by atoms with Crippen LogP contribution in [0, 0.1) is 5.82 Å². The molecule has 190 valence electrons. The third-order valence-corrected chi connectivity index (χ3v) is 6.55. The molecular formula is C25H29FN6O4. The minimum absolute atomic E-state index is 0.0356. The summed E-state index contributed by atoms with van der Waals surface area (Å²) in [6.45, 7) is 5.69. The molecule has 1 aliphatic rings. The number of benzene rings is 1. The van der Waals surface area contributed by atoms with E-state index in [1.807, 2.05) is 13.8 Å². The second-order valence-electron chi connectivity index (χ2n) is 8.99. The number of fused-ring (bicyclic) bond motifs is 1. The number of halogens is 1. The number of carbonyl (C=O) groups excluding carboxylic acids is 3. The highest BCUT2D eigenvalue weighted by Crippen LogP contribution is 2.29. The highest BCUT2D eigenvalue weighted by Gasteiger charge is 2.34. The number of hydrogen-bond acceptors (Lipinski definition) is 7. The molecule has 0 spiro atoms. The first-order valence-electron chi connectivity index (χ1n) is 11.6. The van der Waals surface area contributed by atoms with E-state index >= 15 is 0 Å². The smallest absolute Gasteiger partial charge is 0.292 e. The molecule has 3 N–H and O–H groups in total. The van der Waals surface area contributed by atoms with E-state index in [0.29, 0.717) is 19.6 Å². The van der Waals surface area contributed by atoms with Gasteiger partial charge in [0.25, 0.3) is 17.6 Å². The molecule has 0 saturated carbocycles. The van der Waals surface area contributed by atoms with Crippen LogP contribution in [0.25, 0.3) is 11.0 Å². The molecule has 10 nitrogen and oxygen atoms in total. The minimum atomic E-state index is -0.800. The molecule has 1 aromatic carbocycles. The van der Waals surface area contributed by atoms with Crippen molar-refractivity contribution in [2.45, 2.75) is 32.5 Å². The quantitative estimate of drug-likeness (QED) is 0.302. The number of nitrogens with one attached hydrogen (secondary N) is 1. The predicted molar refractivity (Wildman–Crippen MR) is 132 cm³/mol. The number of hydrogen-bond donors (Lipinski definition) is 2. The summed E-state index contributed by atoms with van der Waals surface area (Å²) in [6, 6.07) is 7.81. The number of aromatic nitrogens is 2. The number of nitrogens with two attached hydrogens (primary N) is 1. The first-order chi connectivity index (χ1) is 17.1. The standard InChI is InChI=1S/C25H29FN6O4/c1-14-11-31(15(2)10-30(14)12-16-5-7-17(26)8-6-16)25(35)19-9-18-20(21(33)23(34)28-3)13-32(27)22(18)29-24(19)36-4/h5-9,13-15H,10-12,27H2,1-4H3,(H,28,34)/t14-,15+/m0/s1. The van der Waals surface area contributed by atoms with Crippen molar-refractivity contribution >= 4 is 28.6 Å². The number of amides is 2. The third-order valence-electron chi connectivity index (χ3n) is 6.55. The van der Waals surface area contributed by atoms with Gasteiger partial charge in [-0.15, -0.1) is 0 Å². The summed E-state index contributed by atoms with van der Waals surface area (Å²) in [4.78, 5) is 46.6. The molecule has 4 rings (SSSR count). The van der Waals surface area contributed by atoms with Crippen LogP contribution >= 0.6 is 0 Å². The maximum atomic E-state index is 13.7. The Labute approximate surface area is 207 Å². The zero-order valence-corrected chi connectivity index (χ0v) is 20.6. The number of Topliss-reactive ketones (excluding diaryl/α,β-unsaturated/α-hetero) is 1. The average Bonchev–Trinajstić information content (AvgIpc) is 3.20. The highest BCUT2D eigenvalue weighted by atomic mass is 19.1. The summed E-state index contributed by atoms with van der Waals surface area (Å²) in [5, 5.41) is 2.58. The number of nitrogens with zero attached hydrogens (tertiary/aromatic N) is 4. The molecule has 2 amide bonds. The van der Waals surface area contributed by atoms with Gasteiger partial charge < -0.3 is 20.8 Å². The molecule has 2 aromatic heterocycles. The molecule has 2 atom stereocenters. The van der Waals surface area contributed by atoms with Crippen molar-refractivity contribution in [1.29, 1.82) is 0 Å². The Balaban J connectivity index is 1.63. The van der Waals surface area contributed by atoms with Gasteiger partial charge in [0, 0.05) is 50.3 Å².